The fourth-order valence-corrected chi connectivity index (χ4v) is 1.35. The van der Waals surface area contributed by atoms with E-state index in [0.29, 0.717) is 6.42 Å². The van der Waals surface area contributed by atoms with Crippen LogP contribution in [0.15, 0.2) is 0 Å². The molecule has 13 heavy (non-hydrogen) atoms. The van der Waals surface area contributed by atoms with E-state index in [1.807, 2.05) is 0 Å². The number of hydrogen-bond donors (Lipinski definition) is 1. The summed E-state index contributed by atoms with van der Waals surface area (Å²) in [6, 6.07) is 0. The maximum atomic E-state index is 10.4. The van der Waals surface area contributed by atoms with Gasteiger partial charge in [-0.25, -0.2) is 0 Å². The molecular formula is C11H23NO. The van der Waals surface area contributed by atoms with Crippen molar-refractivity contribution < 1.29 is 4.79 Å². The lowest BCUT2D eigenvalue weighted by molar-refractivity contribution is -0.118. The smallest absolute Gasteiger partial charge is 0.217 e. The molecule has 0 spiro atoms. The number of unbranched alkanes of at least 4 members (excludes halogenated alkanes) is 3. The van der Waals surface area contributed by atoms with E-state index in [4.69, 9.17) is 5.73 Å². The number of rotatable bonds is 8. The SMILES string of the molecule is CCC(C)CCCCCCC(N)=O. The summed E-state index contributed by atoms with van der Waals surface area (Å²) >= 11 is 0. The first-order chi connectivity index (χ1) is 6.16. The van der Waals surface area contributed by atoms with E-state index >= 15 is 0 Å². The van der Waals surface area contributed by atoms with Crippen LogP contribution in [-0.2, 0) is 4.79 Å². The van der Waals surface area contributed by atoms with Gasteiger partial charge in [0.1, 0.15) is 0 Å². The Hall–Kier alpha value is -0.530. The van der Waals surface area contributed by atoms with Gasteiger partial charge < -0.3 is 5.73 Å². The van der Waals surface area contributed by atoms with Crippen LogP contribution in [0.1, 0.15) is 58.8 Å². The van der Waals surface area contributed by atoms with Crippen LogP contribution in [0.4, 0.5) is 0 Å². The summed E-state index contributed by atoms with van der Waals surface area (Å²) in [4.78, 5) is 10.4. The van der Waals surface area contributed by atoms with Crippen molar-refractivity contribution in [3.8, 4) is 0 Å². The van der Waals surface area contributed by atoms with Gasteiger partial charge in [0.25, 0.3) is 0 Å². The van der Waals surface area contributed by atoms with Gasteiger partial charge in [0.15, 0.2) is 0 Å². The van der Waals surface area contributed by atoms with Crippen molar-refractivity contribution in [2.24, 2.45) is 11.7 Å². The number of primary amides is 1. The Morgan fingerprint density at radius 2 is 1.85 bits per heavy atom. The molecule has 0 aromatic heterocycles. The highest BCUT2D eigenvalue weighted by Gasteiger charge is 1.98. The molecule has 0 aliphatic rings. The minimum absolute atomic E-state index is 0.165. The first-order valence-electron chi connectivity index (χ1n) is 5.45. The number of nitrogens with two attached hydrogens (primary N) is 1. The molecular weight excluding hydrogens is 162 g/mol. The molecule has 0 aliphatic carbocycles. The number of carbonyl (C=O) groups excluding carboxylic acids is 1. The minimum Gasteiger partial charge on any atom is -0.370 e. The molecule has 0 aliphatic heterocycles. The van der Waals surface area contributed by atoms with Gasteiger partial charge >= 0.3 is 0 Å². The number of hydrogen-bond acceptors (Lipinski definition) is 1. The zero-order valence-electron chi connectivity index (χ0n) is 9.01. The van der Waals surface area contributed by atoms with E-state index in [9.17, 15) is 4.79 Å². The third-order valence-corrected chi connectivity index (χ3v) is 2.57. The summed E-state index contributed by atoms with van der Waals surface area (Å²) in [5.41, 5.74) is 5.04. The van der Waals surface area contributed by atoms with Crippen molar-refractivity contribution in [2.75, 3.05) is 0 Å². The number of amides is 1. The fraction of sp³-hybridized carbons (Fsp3) is 0.909. The van der Waals surface area contributed by atoms with Crippen molar-refractivity contribution in [1.29, 1.82) is 0 Å². The topological polar surface area (TPSA) is 43.1 Å². The highest BCUT2D eigenvalue weighted by Crippen LogP contribution is 2.13. The second-order valence-corrected chi connectivity index (χ2v) is 3.93. The molecule has 0 heterocycles. The van der Waals surface area contributed by atoms with Crippen LogP contribution in [-0.4, -0.2) is 5.91 Å². The zero-order valence-corrected chi connectivity index (χ0v) is 9.01. The lowest BCUT2D eigenvalue weighted by Gasteiger charge is -2.06. The maximum Gasteiger partial charge on any atom is 0.217 e. The van der Waals surface area contributed by atoms with Gasteiger partial charge in [0.2, 0.25) is 5.91 Å². The van der Waals surface area contributed by atoms with Crippen LogP contribution in [0.3, 0.4) is 0 Å². The third kappa shape index (κ3) is 9.38. The maximum absolute atomic E-state index is 10.4. The Balaban J connectivity index is 3.04. The summed E-state index contributed by atoms with van der Waals surface area (Å²) in [6.07, 6.45) is 7.83. The van der Waals surface area contributed by atoms with Gasteiger partial charge in [0, 0.05) is 6.42 Å². The molecule has 0 bridgehead atoms. The first-order valence-corrected chi connectivity index (χ1v) is 5.45. The van der Waals surface area contributed by atoms with E-state index in [1.54, 1.807) is 0 Å². The zero-order chi connectivity index (χ0) is 10.1. The minimum atomic E-state index is -0.165. The first kappa shape index (κ1) is 12.5. The summed E-state index contributed by atoms with van der Waals surface area (Å²) in [7, 11) is 0. The molecule has 78 valence electrons. The summed E-state index contributed by atoms with van der Waals surface area (Å²) in [5, 5.41) is 0. The van der Waals surface area contributed by atoms with E-state index in [2.05, 4.69) is 13.8 Å². The second-order valence-electron chi connectivity index (χ2n) is 3.93. The van der Waals surface area contributed by atoms with Crippen LogP contribution >= 0.6 is 0 Å². The van der Waals surface area contributed by atoms with E-state index in [1.165, 1.54) is 25.7 Å². The van der Waals surface area contributed by atoms with E-state index < -0.39 is 0 Å². The Labute approximate surface area is 81.9 Å². The average molecular weight is 185 g/mol. The molecule has 2 nitrogen and oxygen atoms in total. The quantitative estimate of drug-likeness (QED) is 0.580. The highest BCUT2D eigenvalue weighted by molar-refractivity contribution is 5.73. The van der Waals surface area contributed by atoms with Crippen molar-refractivity contribution >= 4 is 5.91 Å². The predicted octanol–water partition coefficient (Wildman–Crippen LogP) is 2.86. The number of carbonyl (C=O) groups is 1. The molecule has 0 aromatic carbocycles. The normalized spacial score (nSPS) is 12.8. The predicted molar refractivity (Wildman–Crippen MR) is 56.4 cm³/mol. The van der Waals surface area contributed by atoms with Gasteiger partial charge in [-0.05, 0) is 12.3 Å². The van der Waals surface area contributed by atoms with Gasteiger partial charge in [0.05, 0.1) is 0 Å². The molecule has 0 saturated heterocycles. The van der Waals surface area contributed by atoms with Gasteiger partial charge in [-0.1, -0.05) is 46.0 Å². The van der Waals surface area contributed by atoms with Crippen LogP contribution in [0.2, 0.25) is 0 Å². The fourth-order valence-electron chi connectivity index (χ4n) is 1.35. The highest BCUT2D eigenvalue weighted by atomic mass is 16.1. The molecule has 0 radical (unpaired) electrons. The van der Waals surface area contributed by atoms with Crippen LogP contribution < -0.4 is 5.73 Å². The third-order valence-electron chi connectivity index (χ3n) is 2.57. The monoisotopic (exact) mass is 185 g/mol. The Kier molecular flexibility index (Phi) is 7.76. The van der Waals surface area contributed by atoms with Gasteiger partial charge in [-0.3, -0.25) is 4.79 Å². The molecule has 2 N–H and O–H groups in total. The van der Waals surface area contributed by atoms with Crippen LogP contribution in [0.5, 0.6) is 0 Å². The molecule has 2 heteroatoms. The van der Waals surface area contributed by atoms with Gasteiger partial charge in [-0.2, -0.15) is 0 Å². The molecule has 1 unspecified atom stereocenters. The Morgan fingerprint density at radius 3 is 2.38 bits per heavy atom. The molecule has 1 atom stereocenters. The standard InChI is InChI=1S/C11H23NO/c1-3-10(2)8-6-4-5-7-9-11(12)13/h10H,3-9H2,1-2H3,(H2,12,13). The van der Waals surface area contributed by atoms with Crippen molar-refractivity contribution in [2.45, 2.75) is 58.8 Å². The summed E-state index contributed by atoms with van der Waals surface area (Å²) < 4.78 is 0. The molecule has 0 saturated carbocycles. The van der Waals surface area contributed by atoms with Crippen molar-refractivity contribution in [3.05, 3.63) is 0 Å². The van der Waals surface area contributed by atoms with Crippen molar-refractivity contribution in [3.63, 3.8) is 0 Å². The molecule has 1 amide bonds. The Morgan fingerprint density at radius 1 is 1.23 bits per heavy atom. The van der Waals surface area contributed by atoms with Crippen molar-refractivity contribution in [1.82, 2.24) is 0 Å². The lowest BCUT2D eigenvalue weighted by Crippen LogP contribution is -2.09. The van der Waals surface area contributed by atoms with E-state index in [0.717, 1.165) is 18.8 Å². The van der Waals surface area contributed by atoms with E-state index in [-0.39, 0.29) is 5.91 Å². The average Bonchev–Trinajstić information content (AvgIpc) is 2.10. The molecule has 0 rings (SSSR count). The lowest BCUT2D eigenvalue weighted by atomic mass is 10.00. The van der Waals surface area contributed by atoms with Crippen LogP contribution in [0.25, 0.3) is 0 Å². The second kappa shape index (κ2) is 8.09. The Bertz CT molecular complexity index is 134. The summed E-state index contributed by atoms with van der Waals surface area (Å²) in [6.45, 7) is 4.53. The van der Waals surface area contributed by atoms with Gasteiger partial charge in [-0.15, -0.1) is 0 Å². The van der Waals surface area contributed by atoms with Crippen LogP contribution in [0, 0.1) is 5.92 Å². The summed E-state index contributed by atoms with van der Waals surface area (Å²) in [5.74, 6) is 0.693. The largest absolute Gasteiger partial charge is 0.370 e. The molecule has 0 fully saturated rings. The molecule has 0 aromatic rings.